The van der Waals surface area contributed by atoms with E-state index in [1.165, 1.54) is 0 Å². The molecule has 1 aliphatic rings. The molecule has 15 heteroatoms. The Labute approximate surface area is 320 Å². The molecule has 0 saturated carbocycles. The van der Waals surface area contributed by atoms with Crippen LogP contribution in [0.5, 0.6) is 5.75 Å². The zero-order chi connectivity index (χ0) is 38.8. The standard InChI is InChI=1S/C39H54N8O5SSi/c1-10-51-35-20-34(47-22-27(4)52-28(5)23-47)31(29-21-40-45(6)24-29)19-33(35)42-39-43-37(41-32-13-11-12-14-36(32)53(48,49)26(2)3)30-15-16-46(38(30)44-39)25-50-17-18-54(7,8)9/h11-16,19-21,24,26-28H,10,17-18,22-23,25H2,1-9H3,(H2,41,42,43,44)/t27-,28+. The van der Waals surface area contributed by atoms with Gasteiger partial charge in [0, 0.05) is 70.1 Å². The van der Waals surface area contributed by atoms with Crippen LogP contribution in [0.2, 0.25) is 25.7 Å². The fraction of sp³-hybridized carbons (Fsp3) is 0.462. The molecule has 290 valence electrons. The summed E-state index contributed by atoms with van der Waals surface area (Å²) in [5.41, 5.74) is 4.68. The van der Waals surface area contributed by atoms with Gasteiger partial charge in [-0.1, -0.05) is 31.8 Å². The van der Waals surface area contributed by atoms with Gasteiger partial charge in [-0.05, 0) is 64.9 Å². The Kier molecular flexibility index (Phi) is 11.7. The van der Waals surface area contributed by atoms with E-state index in [1.807, 2.05) is 49.3 Å². The molecule has 0 aliphatic carbocycles. The average Bonchev–Trinajstić information content (AvgIpc) is 3.72. The van der Waals surface area contributed by atoms with E-state index in [1.54, 1.807) is 36.7 Å². The van der Waals surface area contributed by atoms with Crippen LogP contribution < -0.4 is 20.3 Å². The summed E-state index contributed by atoms with van der Waals surface area (Å²) < 4.78 is 49.1. The van der Waals surface area contributed by atoms with E-state index >= 15 is 0 Å². The van der Waals surface area contributed by atoms with Crippen LogP contribution in [0.25, 0.3) is 22.2 Å². The maximum Gasteiger partial charge on any atom is 0.231 e. The Morgan fingerprint density at radius 1 is 1.02 bits per heavy atom. The number of aromatic nitrogens is 5. The van der Waals surface area contributed by atoms with Crippen LogP contribution in [0.4, 0.5) is 28.8 Å². The minimum absolute atomic E-state index is 0.0614. The van der Waals surface area contributed by atoms with Gasteiger partial charge >= 0.3 is 0 Å². The van der Waals surface area contributed by atoms with E-state index < -0.39 is 23.2 Å². The molecule has 0 bridgehead atoms. The van der Waals surface area contributed by atoms with E-state index in [9.17, 15) is 8.42 Å². The van der Waals surface area contributed by atoms with Crippen LogP contribution in [0.15, 0.2) is 66.0 Å². The molecule has 4 heterocycles. The van der Waals surface area contributed by atoms with Crippen molar-refractivity contribution in [2.75, 3.05) is 41.8 Å². The smallest absolute Gasteiger partial charge is 0.231 e. The largest absolute Gasteiger partial charge is 0.492 e. The number of hydrogen-bond acceptors (Lipinski definition) is 11. The third-order valence-corrected chi connectivity index (χ3v) is 13.2. The Morgan fingerprint density at radius 3 is 2.43 bits per heavy atom. The molecule has 54 heavy (non-hydrogen) atoms. The second-order valence-corrected chi connectivity index (χ2v) is 23.6. The van der Waals surface area contributed by atoms with Gasteiger partial charge in [-0.3, -0.25) is 4.68 Å². The SMILES string of the molecule is CCOc1cc(N2C[C@@H](C)O[C@@H](C)C2)c(-c2cnn(C)c2)cc1Nc1nc(Nc2ccccc2S(=O)(=O)C(C)C)c2ccn(COCC[Si](C)(C)C)c2n1. The molecular formula is C39H54N8O5SSi. The minimum Gasteiger partial charge on any atom is -0.492 e. The summed E-state index contributed by atoms with van der Waals surface area (Å²) >= 11 is 0. The van der Waals surface area contributed by atoms with Gasteiger partial charge in [0.2, 0.25) is 5.95 Å². The first kappa shape index (κ1) is 39.3. The predicted molar refractivity (Wildman–Crippen MR) is 219 cm³/mol. The number of nitrogens with zero attached hydrogens (tertiary/aromatic N) is 6. The number of morpholine rings is 1. The van der Waals surface area contributed by atoms with Crippen molar-refractivity contribution in [1.29, 1.82) is 0 Å². The number of fused-ring (bicyclic) bond motifs is 1. The van der Waals surface area contributed by atoms with Crippen LogP contribution >= 0.6 is 0 Å². The second-order valence-electron chi connectivity index (χ2n) is 15.5. The highest BCUT2D eigenvalue weighted by atomic mass is 32.2. The molecule has 1 aliphatic heterocycles. The van der Waals surface area contributed by atoms with Crippen molar-refractivity contribution in [1.82, 2.24) is 24.3 Å². The van der Waals surface area contributed by atoms with Crippen LogP contribution in [-0.2, 0) is 33.1 Å². The van der Waals surface area contributed by atoms with Crippen molar-refractivity contribution in [2.24, 2.45) is 7.05 Å². The first-order chi connectivity index (χ1) is 25.6. The van der Waals surface area contributed by atoms with Crippen molar-refractivity contribution in [3.8, 4) is 16.9 Å². The molecule has 1 saturated heterocycles. The fourth-order valence-electron chi connectivity index (χ4n) is 6.55. The Bertz CT molecular complexity index is 2190. The maximum atomic E-state index is 13.4. The molecule has 13 nitrogen and oxygen atoms in total. The third kappa shape index (κ3) is 8.91. The van der Waals surface area contributed by atoms with Crippen LogP contribution in [-0.4, -0.2) is 84.6 Å². The van der Waals surface area contributed by atoms with E-state index in [0.29, 0.717) is 54.5 Å². The van der Waals surface area contributed by atoms with Gasteiger partial charge in [-0.15, -0.1) is 0 Å². The van der Waals surface area contributed by atoms with Crippen molar-refractivity contribution in [2.45, 2.75) is 89.4 Å². The first-order valence-corrected chi connectivity index (χ1v) is 23.9. The summed E-state index contributed by atoms with van der Waals surface area (Å²) in [6.07, 6.45) is 5.90. The lowest BCUT2D eigenvalue weighted by molar-refractivity contribution is -0.00519. The summed E-state index contributed by atoms with van der Waals surface area (Å²) in [6.45, 7) is 19.4. The van der Waals surface area contributed by atoms with E-state index in [0.717, 1.165) is 41.3 Å². The zero-order valence-corrected chi connectivity index (χ0v) is 34.7. The van der Waals surface area contributed by atoms with Gasteiger partial charge in [0.15, 0.2) is 9.84 Å². The highest BCUT2D eigenvalue weighted by Gasteiger charge is 2.27. The molecule has 0 radical (unpaired) electrons. The lowest BCUT2D eigenvalue weighted by Crippen LogP contribution is -2.45. The lowest BCUT2D eigenvalue weighted by atomic mass is 10.0. The molecule has 0 amide bonds. The van der Waals surface area contributed by atoms with E-state index in [4.69, 9.17) is 24.2 Å². The van der Waals surface area contributed by atoms with Crippen LogP contribution in [0.3, 0.4) is 0 Å². The molecule has 6 rings (SSSR count). The fourth-order valence-corrected chi connectivity index (χ4v) is 8.51. The number of nitrogens with one attached hydrogen (secondary N) is 2. The zero-order valence-electron chi connectivity index (χ0n) is 32.9. The van der Waals surface area contributed by atoms with Crippen molar-refractivity contribution >= 4 is 57.8 Å². The molecule has 5 aromatic rings. The lowest BCUT2D eigenvalue weighted by Gasteiger charge is -2.38. The second kappa shape index (κ2) is 16.1. The van der Waals surface area contributed by atoms with Crippen LogP contribution in [0.1, 0.15) is 34.6 Å². The molecule has 0 unspecified atom stereocenters. The van der Waals surface area contributed by atoms with Crippen LogP contribution in [0, 0.1) is 0 Å². The molecule has 0 spiro atoms. The normalized spacial score (nSPS) is 16.7. The maximum absolute atomic E-state index is 13.4. The molecule has 2 atom stereocenters. The topological polar surface area (TPSA) is 138 Å². The molecule has 3 aromatic heterocycles. The molecule has 2 aromatic carbocycles. The number of sulfone groups is 1. The van der Waals surface area contributed by atoms with Gasteiger partial charge in [-0.2, -0.15) is 15.1 Å². The Hall–Kier alpha value is -4.44. The average molecular weight is 775 g/mol. The van der Waals surface area contributed by atoms with Gasteiger partial charge in [0.25, 0.3) is 0 Å². The van der Waals surface area contributed by atoms with Gasteiger partial charge in [-0.25, -0.2) is 8.42 Å². The van der Waals surface area contributed by atoms with Crippen molar-refractivity contribution in [3.63, 3.8) is 0 Å². The highest BCUT2D eigenvalue weighted by Crippen LogP contribution is 2.42. The number of rotatable bonds is 15. The predicted octanol–water partition coefficient (Wildman–Crippen LogP) is 7.83. The monoisotopic (exact) mass is 774 g/mol. The summed E-state index contributed by atoms with van der Waals surface area (Å²) in [6, 6.07) is 14.0. The number of ether oxygens (including phenoxy) is 3. The van der Waals surface area contributed by atoms with Gasteiger partial charge in [0.05, 0.1) is 51.9 Å². The Balaban J connectivity index is 1.46. The van der Waals surface area contributed by atoms with Gasteiger partial charge in [0.1, 0.15) is 23.9 Å². The number of hydrogen-bond donors (Lipinski definition) is 2. The number of para-hydroxylation sites is 1. The first-order valence-electron chi connectivity index (χ1n) is 18.6. The van der Waals surface area contributed by atoms with Crippen molar-refractivity contribution < 1.29 is 22.6 Å². The van der Waals surface area contributed by atoms with E-state index in [2.05, 4.69) is 66.3 Å². The summed E-state index contributed by atoms with van der Waals surface area (Å²) in [5, 5.41) is 11.4. The molecular weight excluding hydrogens is 721 g/mol. The summed E-state index contributed by atoms with van der Waals surface area (Å²) in [4.78, 5) is 12.5. The minimum atomic E-state index is -3.60. The highest BCUT2D eigenvalue weighted by molar-refractivity contribution is 7.92. The van der Waals surface area contributed by atoms with Crippen molar-refractivity contribution in [3.05, 3.63) is 61.1 Å². The van der Waals surface area contributed by atoms with E-state index in [-0.39, 0.29) is 17.1 Å². The number of aryl methyl sites for hydroxylation is 1. The summed E-state index contributed by atoms with van der Waals surface area (Å²) in [5.74, 6) is 1.40. The van der Waals surface area contributed by atoms with Gasteiger partial charge < -0.3 is 34.3 Å². The molecule has 2 N–H and O–H groups in total. The summed E-state index contributed by atoms with van der Waals surface area (Å²) in [7, 11) is -2.98. The number of anilines is 5. The number of benzene rings is 2. The quantitative estimate of drug-likeness (QED) is 0.0796. The molecule has 1 fully saturated rings. The third-order valence-electron chi connectivity index (χ3n) is 9.33. The Morgan fingerprint density at radius 2 is 1.76 bits per heavy atom.